The summed E-state index contributed by atoms with van der Waals surface area (Å²) in [4.78, 5) is 10.8. The van der Waals surface area contributed by atoms with Gasteiger partial charge in [-0.1, -0.05) is 43.5 Å². The van der Waals surface area contributed by atoms with Crippen LogP contribution in [0.1, 0.15) is 30.6 Å². The van der Waals surface area contributed by atoms with E-state index < -0.39 is 15.8 Å². The van der Waals surface area contributed by atoms with Crippen molar-refractivity contribution in [3.05, 3.63) is 27.7 Å². The second-order valence-electron chi connectivity index (χ2n) is 4.37. The number of hydrogen-bond donors (Lipinski definition) is 1. The fraction of sp³-hybridized carbons (Fsp3) is 0.417. The lowest BCUT2D eigenvalue weighted by molar-refractivity contribution is 0.0697. The van der Waals surface area contributed by atoms with Crippen molar-refractivity contribution < 1.29 is 18.3 Å². The Bertz CT molecular complexity index is 596. The summed E-state index contributed by atoms with van der Waals surface area (Å²) in [5.74, 6) is -1.45. The van der Waals surface area contributed by atoms with E-state index in [9.17, 15) is 13.2 Å². The summed E-state index contributed by atoms with van der Waals surface area (Å²) < 4.78 is 24.4. The van der Waals surface area contributed by atoms with Crippen LogP contribution in [0.5, 0.6) is 0 Å². The highest BCUT2D eigenvalue weighted by Crippen LogP contribution is 2.31. The third-order valence-electron chi connectivity index (χ3n) is 2.77. The van der Waals surface area contributed by atoms with E-state index in [0.717, 1.165) is 6.07 Å². The Balaban J connectivity index is 3.39. The van der Waals surface area contributed by atoms with Crippen LogP contribution in [-0.4, -0.2) is 25.2 Å². The van der Waals surface area contributed by atoms with Gasteiger partial charge in [0.05, 0.1) is 21.2 Å². The number of halogens is 2. The van der Waals surface area contributed by atoms with Gasteiger partial charge in [0.15, 0.2) is 9.84 Å². The topological polar surface area (TPSA) is 71.4 Å². The van der Waals surface area contributed by atoms with E-state index in [2.05, 4.69) is 0 Å². The molecule has 0 fully saturated rings. The van der Waals surface area contributed by atoms with Gasteiger partial charge >= 0.3 is 5.97 Å². The summed E-state index contributed by atoms with van der Waals surface area (Å²) in [5.41, 5.74) is -0.308. The van der Waals surface area contributed by atoms with Gasteiger partial charge in [0.1, 0.15) is 0 Å². The molecule has 1 aromatic carbocycles. The molecule has 19 heavy (non-hydrogen) atoms. The molecule has 0 aromatic heterocycles. The van der Waals surface area contributed by atoms with Crippen molar-refractivity contribution in [1.82, 2.24) is 0 Å². The first-order chi connectivity index (χ1) is 8.69. The Morgan fingerprint density at radius 2 is 1.95 bits per heavy atom. The maximum atomic E-state index is 12.2. The number of benzene rings is 1. The zero-order valence-corrected chi connectivity index (χ0v) is 12.8. The first-order valence-corrected chi connectivity index (χ1v) is 8.05. The van der Waals surface area contributed by atoms with Crippen molar-refractivity contribution in [1.29, 1.82) is 0 Å². The van der Waals surface area contributed by atoms with E-state index in [1.165, 1.54) is 6.07 Å². The van der Waals surface area contributed by atoms with Gasteiger partial charge in [-0.3, -0.25) is 0 Å². The van der Waals surface area contributed by atoms with Crippen LogP contribution in [-0.2, 0) is 9.84 Å². The zero-order valence-electron chi connectivity index (χ0n) is 10.5. The highest BCUT2D eigenvalue weighted by Gasteiger charge is 2.25. The molecule has 1 rings (SSSR count). The Labute approximate surface area is 122 Å². The largest absolute Gasteiger partial charge is 0.478 e. The fourth-order valence-corrected chi connectivity index (χ4v) is 4.21. The summed E-state index contributed by atoms with van der Waals surface area (Å²) in [6, 6.07) is 2.32. The number of hydrogen-bond acceptors (Lipinski definition) is 3. The van der Waals surface area contributed by atoms with Gasteiger partial charge in [0.2, 0.25) is 0 Å². The molecule has 0 heterocycles. The van der Waals surface area contributed by atoms with Gasteiger partial charge in [-0.2, -0.15) is 0 Å². The lowest BCUT2D eigenvalue weighted by atomic mass is 10.2. The lowest BCUT2D eigenvalue weighted by Crippen LogP contribution is -2.15. The number of rotatable bonds is 5. The highest BCUT2D eigenvalue weighted by atomic mass is 35.5. The Morgan fingerprint density at radius 3 is 2.42 bits per heavy atom. The second-order valence-corrected chi connectivity index (χ2v) is 7.18. The molecule has 0 bridgehead atoms. The molecule has 0 spiro atoms. The van der Waals surface area contributed by atoms with Gasteiger partial charge in [-0.05, 0) is 18.1 Å². The van der Waals surface area contributed by atoms with Gasteiger partial charge in [0.25, 0.3) is 0 Å². The minimum Gasteiger partial charge on any atom is -0.478 e. The van der Waals surface area contributed by atoms with Crippen molar-refractivity contribution in [3.63, 3.8) is 0 Å². The van der Waals surface area contributed by atoms with E-state index in [4.69, 9.17) is 28.3 Å². The first kappa shape index (κ1) is 16.3. The third-order valence-corrected chi connectivity index (χ3v) is 5.51. The van der Waals surface area contributed by atoms with Gasteiger partial charge < -0.3 is 5.11 Å². The first-order valence-electron chi connectivity index (χ1n) is 5.64. The van der Waals surface area contributed by atoms with Crippen molar-refractivity contribution >= 4 is 39.0 Å². The normalized spacial score (nSPS) is 13.3. The van der Waals surface area contributed by atoms with Crippen LogP contribution in [0.3, 0.4) is 0 Å². The van der Waals surface area contributed by atoms with E-state index in [0.29, 0.717) is 6.42 Å². The number of carboxylic acids is 1. The summed E-state index contributed by atoms with van der Waals surface area (Å²) in [6.45, 7) is 3.68. The SMILES string of the molecule is CCC(C)CS(=O)(=O)c1cc(Cl)cc(C(=O)O)c1Cl. The molecule has 0 aliphatic carbocycles. The zero-order chi connectivity index (χ0) is 14.8. The van der Waals surface area contributed by atoms with Crippen LogP contribution in [0.15, 0.2) is 17.0 Å². The van der Waals surface area contributed by atoms with E-state index in [-0.39, 0.29) is 32.2 Å². The molecule has 0 aliphatic rings. The predicted molar refractivity (Wildman–Crippen MR) is 74.9 cm³/mol. The lowest BCUT2D eigenvalue weighted by Gasteiger charge is -2.12. The van der Waals surface area contributed by atoms with Crippen molar-refractivity contribution in [2.24, 2.45) is 5.92 Å². The summed E-state index contributed by atoms with van der Waals surface area (Å²) in [5, 5.41) is 8.71. The van der Waals surface area contributed by atoms with Gasteiger partial charge in [-0.25, -0.2) is 13.2 Å². The standard InChI is InChI=1S/C12H14Cl2O4S/c1-3-7(2)6-19(17,18)10-5-8(13)4-9(11(10)14)12(15)16/h4-5,7H,3,6H2,1-2H3,(H,15,16). The molecule has 0 aliphatic heterocycles. The fourth-order valence-electron chi connectivity index (χ4n) is 1.53. The van der Waals surface area contributed by atoms with Crippen LogP contribution in [0, 0.1) is 5.92 Å². The molecular weight excluding hydrogens is 311 g/mol. The quantitative estimate of drug-likeness (QED) is 0.899. The van der Waals surface area contributed by atoms with Crippen LogP contribution in [0.25, 0.3) is 0 Å². The smallest absolute Gasteiger partial charge is 0.337 e. The summed E-state index contributed by atoms with van der Waals surface area (Å²) in [6.07, 6.45) is 0.698. The van der Waals surface area contributed by atoms with Crippen molar-refractivity contribution in [2.75, 3.05) is 5.75 Å². The third kappa shape index (κ3) is 3.84. The van der Waals surface area contributed by atoms with Crippen LogP contribution < -0.4 is 0 Å². The number of sulfone groups is 1. The van der Waals surface area contributed by atoms with Gasteiger partial charge in [0, 0.05) is 5.02 Å². The minimum absolute atomic E-state index is 0.0320. The molecule has 4 nitrogen and oxygen atoms in total. The summed E-state index contributed by atoms with van der Waals surface area (Å²) in [7, 11) is -3.66. The molecule has 1 unspecified atom stereocenters. The summed E-state index contributed by atoms with van der Waals surface area (Å²) >= 11 is 11.6. The molecule has 7 heteroatoms. The molecule has 1 atom stereocenters. The average Bonchev–Trinajstić information content (AvgIpc) is 2.30. The second kappa shape index (κ2) is 6.11. The molecular formula is C12H14Cl2O4S. The number of carboxylic acid groups (broad SMARTS) is 1. The molecule has 0 radical (unpaired) electrons. The van der Waals surface area contributed by atoms with E-state index in [1.54, 1.807) is 6.92 Å². The molecule has 0 amide bonds. The Kier molecular flexibility index (Phi) is 5.24. The molecule has 1 aromatic rings. The van der Waals surface area contributed by atoms with Crippen LogP contribution in [0.4, 0.5) is 0 Å². The van der Waals surface area contributed by atoms with Crippen LogP contribution >= 0.6 is 23.2 Å². The minimum atomic E-state index is -3.66. The Hall–Kier alpha value is -0.780. The van der Waals surface area contributed by atoms with Crippen LogP contribution in [0.2, 0.25) is 10.0 Å². The van der Waals surface area contributed by atoms with Gasteiger partial charge in [-0.15, -0.1) is 0 Å². The molecule has 106 valence electrons. The molecule has 1 N–H and O–H groups in total. The maximum Gasteiger partial charge on any atom is 0.337 e. The monoisotopic (exact) mass is 324 g/mol. The van der Waals surface area contributed by atoms with E-state index in [1.807, 2.05) is 6.92 Å². The average molecular weight is 325 g/mol. The maximum absolute atomic E-state index is 12.2. The van der Waals surface area contributed by atoms with E-state index >= 15 is 0 Å². The molecule has 0 saturated heterocycles. The highest BCUT2D eigenvalue weighted by molar-refractivity contribution is 7.91. The molecule has 0 saturated carbocycles. The van der Waals surface area contributed by atoms with Crippen molar-refractivity contribution in [2.45, 2.75) is 25.2 Å². The number of aromatic carboxylic acids is 1. The Morgan fingerprint density at radius 1 is 1.37 bits per heavy atom. The number of carbonyl (C=O) groups is 1. The van der Waals surface area contributed by atoms with Crippen molar-refractivity contribution in [3.8, 4) is 0 Å². The predicted octanol–water partition coefficient (Wildman–Crippen LogP) is 3.51.